The van der Waals surface area contributed by atoms with Crippen LogP contribution in [0.25, 0.3) is 0 Å². The van der Waals surface area contributed by atoms with Gasteiger partial charge in [-0.15, -0.1) is 23.2 Å². The minimum absolute atomic E-state index is 0.142. The maximum atomic E-state index is 10.3. The van der Waals surface area contributed by atoms with E-state index in [1.807, 2.05) is 6.07 Å². The smallest absolute Gasteiger partial charge is 0.140 e. The molecule has 0 aromatic rings. The van der Waals surface area contributed by atoms with Gasteiger partial charge in [-0.05, 0) is 13.8 Å². The van der Waals surface area contributed by atoms with Gasteiger partial charge < -0.3 is 4.79 Å². The van der Waals surface area contributed by atoms with Crippen LogP contribution in [0, 0.1) is 11.3 Å². The van der Waals surface area contributed by atoms with Gasteiger partial charge in [-0.1, -0.05) is 0 Å². The van der Waals surface area contributed by atoms with Crippen molar-refractivity contribution in [1.29, 1.82) is 5.26 Å². The topological polar surface area (TPSA) is 40.9 Å². The van der Waals surface area contributed by atoms with Gasteiger partial charge in [-0.3, -0.25) is 0 Å². The van der Waals surface area contributed by atoms with Crippen LogP contribution >= 0.6 is 23.2 Å². The van der Waals surface area contributed by atoms with Crippen molar-refractivity contribution in [1.82, 2.24) is 0 Å². The molecule has 0 aliphatic heterocycles. The van der Waals surface area contributed by atoms with Crippen molar-refractivity contribution < 1.29 is 4.79 Å². The summed E-state index contributed by atoms with van der Waals surface area (Å²) in [6.45, 7) is 3.05. The average molecular weight is 194 g/mol. The van der Waals surface area contributed by atoms with E-state index >= 15 is 0 Å². The SMILES string of the molecule is CC(Cl)(C#N)CC(C)(Cl)C=O. The van der Waals surface area contributed by atoms with Gasteiger partial charge in [0.05, 0.1) is 10.9 Å². The number of hydrogen-bond acceptors (Lipinski definition) is 2. The fourth-order valence-electron chi connectivity index (χ4n) is 0.730. The summed E-state index contributed by atoms with van der Waals surface area (Å²) in [5.74, 6) is 0. The molecular formula is C7H9Cl2NO. The minimum Gasteiger partial charge on any atom is -0.301 e. The van der Waals surface area contributed by atoms with Gasteiger partial charge in [0.1, 0.15) is 11.2 Å². The van der Waals surface area contributed by atoms with E-state index in [9.17, 15) is 4.79 Å². The summed E-state index contributed by atoms with van der Waals surface area (Å²) in [6, 6.07) is 1.85. The van der Waals surface area contributed by atoms with Crippen molar-refractivity contribution in [2.75, 3.05) is 0 Å². The lowest BCUT2D eigenvalue weighted by molar-refractivity contribution is -0.109. The molecule has 4 heteroatoms. The molecule has 0 saturated carbocycles. The molecule has 0 aromatic carbocycles. The average Bonchev–Trinajstić information content (AvgIpc) is 1.86. The Labute approximate surface area is 76.1 Å². The predicted molar refractivity (Wildman–Crippen MR) is 44.8 cm³/mol. The number of alkyl halides is 2. The zero-order chi connectivity index (χ0) is 9.12. The summed E-state index contributed by atoms with van der Waals surface area (Å²) in [6.07, 6.45) is 0.732. The van der Waals surface area contributed by atoms with E-state index in [0.29, 0.717) is 6.29 Å². The number of aldehydes is 1. The van der Waals surface area contributed by atoms with E-state index in [4.69, 9.17) is 28.5 Å². The van der Waals surface area contributed by atoms with Crippen LogP contribution in [0.4, 0.5) is 0 Å². The Hall–Kier alpha value is -0.260. The molecular weight excluding hydrogens is 185 g/mol. The molecule has 0 aliphatic carbocycles. The third-order valence-electron chi connectivity index (χ3n) is 1.16. The van der Waals surface area contributed by atoms with E-state index in [2.05, 4.69) is 0 Å². The fraction of sp³-hybridized carbons (Fsp3) is 0.714. The normalized spacial score (nSPS) is 21.0. The number of carbonyl (C=O) groups excluding carboxylic acids is 1. The minimum atomic E-state index is -1.06. The number of carbonyl (C=O) groups is 1. The maximum Gasteiger partial charge on any atom is 0.140 e. The van der Waals surface area contributed by atoms with Crippen molar-refractivity contribution >= 4 is 29.5 Å². The first-order chi connectivity index (χ1) is 4.83. The third kappa shape index (κ3) is 4.23. The molecule has 0 amide bonds. The number of rotatable bonds is 3. The Balaban J connectivity index is 4.27. The van der Waals surface area contributed by atoms with Crippen molar-refractivity contribution in [2.45, 2.75) is 30.0 Å². The summed E-state index contributed by atoms with van der Waals surface area (Å²) in [7, 11) is 0. The highest BCUT2D eigenvalue weighted by Crippen LogP contribution is 2.28. The summed E-state index contributed by atoms with van der Waals surface area (Å²) in [5, 5.41) is 8.50. The van der Waals surface area contributed by atoms with Crippen LogP contribution in [0.3, 0.4) is 0 Å². The van der Waals surface area contributed by atoms with E-state index in [-0.39, 0.29) is 6.42 Å². The molecule has 0 heterocycles. The second-order valence-corrected chi connectivity index (χ2v) is 4.58. The van der Waals surface area contributed by atoms with E-state index in [1.54, 1.807) is 0 Å². The summed E-state index contributed by atoms with van der Waals surface area (Å²) in [4.78, 5) is 8.23. The van der Waals surface area contributed by atoms with E-state index in [0.717, 1.165) is 0 Å². The quantitative estimate of drug-likeness (QED) is 0.509. The molecule has 0 N–H and O–H groups in total. The lowest BCUT2D eigenvalue weighted by atomic mass is 9.98. The Morgan fingerprint density at radius 2 is 2.00 bits per heavy atom. The molecule has 2 nitrogen and oxygen atoms in total. The standard InChI is InChI=1S/C7H9Cl2NO/c1-6(8,4-10)3-7(2,9)5-11/h5H,3H2,1-2H3. The number of hydrogen-bond donors (Lipinski definition) is 0. The van der Waals surface area contributed by atoms with Gasteiger partial charge >= 0.3 is 0 Å². The first kappa shape index (κ1) is 10.7. The zero-order valence-corrected chi connectivity index (χ0v) is 7.91. The van der Waals surface area contributed by atoms with Crippen LogP contribution in [0.2, 0.25) is 0 Å². The molecule has 62 valence electrons. The monoisotopic (exact) mass is 193 g/mol. The first-order valence-electron chi connectivity index (χ1n) is 3.08. The van der Waals surface area contributed by atoms with Crippen LogP contribution in [0.5, 0.6) is 0 Å². The Kier molecular flexibility index (Phi) is 3.34. The van der Waals surface area contributed by atoms with Gasteiger partial charge in [0.25, 0.3) is 0 Å². The van der Waals surface area contributed by atoms with Crippen molar-refractivity contribution in [2.24, 2.45) is 0 Å². The van der Waals surface area contributed by atoms with E-state index in [1.165, 1.54) is 13.8 Å². The van der Waals surface area contributed by atoms with Crippen molar-refractivity contribution in [3.05, 3.63) is 0 Å². The number of halogens is 2. The lowest BCUT2D eigenvalue weighted by Crippen LogP contribution is -2.29. The second kappa shape index (κ2) is 3.42. The molecule has 0 fully saturated rings. The molecule has 0 rings (SSSR count). The summed E-state index contributed by atoms with van der Waals surface area (Å²) < 4.78 is 0. The molecule has 0 aliphatic rings. The van der Waals surface area contributed by atoms with Crippen molar-refractivity contribution in [3.63, 3.8) is 0 Å². The molecule has 11 heavy (non-hydrogen) atoms. The first-order valence-corrected chi connectivity index (χ1v) is 3.84. The van der Waals surface area contributed by atoms with Gasteiger partial charge in [-0.2, -0.15) is 5.26 Å². The molecule has 2 unspecified atom stereocenters. The second-order valence-electron chi connectivity index (χ2n) is 2.88. The molecule has 2 atom stereocenters. The summed E-state index contributed by atoms with van der Waals surface area (Å²) in [5.41, 5.74) is 0. The maximum absolute atomic E-state index is 10.3. The predicted octanol–water partition coefficient (Wildman–Crippen LogP) is 2.09. The van der Waals surface area contributed by atoms with Crippen LogP contribution < -0.4 is 0 Å². The zero-order valence-electron chi connectivity index (χ0n) is 6.40. The van der Waals surface area contributed by atoms with Gasteiger partial charge in [0.15, 0.2) is 0 Å². The van der Waals surface area contributed by atoms with Crippen LogP contribution in [-0.2, 0) is 4.79 Å². The Morgan fingerprint density at radius 3 is 2.27 bits per heavy atom. The van der Waals surface area contributed by atoms with Crippen LogP contribution in [-0.4, -0.2) is 16.0 Å². The molecule has 0 spiro atoms. The van der Waals surface area contributed by atoms with Crippen LogP contribution in [0.15, 0.2) is 0 Å². The van der Waals surface area contributed by atoms with Gasteiger partial charge in [-0.25, -0.2) is 0 Å². The van der Waals surface area contributed by atoms with Gasteiger partial charge in [0, 0.05) is 6.42 Å². The Bertz CT molecular complexity index is 193. The highest BCUT2D eigenvalue weighted by Gasteiger charge is 2.32. The summed E-state index contributed by atoms with van der Waals surface area (Å²) >= 11 is 11.4. The highest BCUT2D eigenvalue weighted by molar-refractivity contribution is 6.33. The molecule has 0 bridgehead atoms. The van der Waals surface area contributed by atoms with E-state index < -0.39 is 9.75 Å². The van der Waals surface area contributed by atoms with Gasteiger partial charge in [0.2, 0.25) is 0 Å². The fourth-order valence-corrected chi connectivity index (χ4v) is 1.34. The molecule has 0 aromatic heterocycles. The third-order valence-corrected chi connectivity index (χ3v) is 1.60. The largest absolute Gasteiger partial charge is 0.301 e. The Morgan fingerprint density at radius 1 is 1.55 bits per heavy atom. The molecule has 0 saturated heterocycles. The molecule has 0 radical (unpaired) electrons. The van der Waals surface area contributed by atoms with Crippen molar-refractivity contribution in [3.8, 4) is 6.07 Å². The number of nitriles is 1. The number of nitrogens with zero attached hydrogens (tertiary/aromatic N) is 1. The highest BCUT2D eigenvalue weighted by atomic mass is 35.5. The lowest BCUT2D eigenvalue weighted by Gasteiger charge is -2.20. The van der Waals surface area contributed by atoms with Crippen LogP contribution in [0.1, 0.15) is 20.3 Å².